The Bertz CT molecular complexity index is 1670. The zero-order valence-electron chi connectivity index (χ0n) is 23.7. The molecule has 2 heterocycles. The zero-order chi connectivity index (χ0) is 29.5. The second-order valence-corrected chi connectivity index (χ2v) is 10.7. The summed E-state index contributed by atoms with van der Waals surface area (Å²) in [5.41, 5.74) is 1.38. The monoisotopic (exact) mass is 568 g/mol. The standard InChI is InChI=1S/C32H36N6O4/c1-38-27-12-5-4-11-25(27)36-26(30(38)41)13-14-28(39)37-32(15-17-33-18-16-32)31(42)35-20-19-34-29(40)21-23-9-6-8-22-7-2-3-10-24(22)23/h2-12,33H,13-21H2,1H3,(H,34,40)(H,35,42)(H,37,39). The zero-order valence-corrected chi connectivity index (χ0v) is 23.7. The minimum absolute atomic E-state index is 0.0350. The van der Waals surface area contributed by atoms with Gasteiger partial charge in [-0.1, -0.05) is 54.6 Å². The lowest BCUT2D eigenvalue weighted by molar-refractivity contribution is -0.134. The van der Waals surface area contributed by atoms with Crippen LogP contribution in [0, 0.1) is 0 Å². The van der Waals surface area contributed by atoms with Crippen molar-refractivity contribution >= 4 is 39.5 Å². The van der Waals surface area contributed by atoms with Crippen LogP contribution >= 0.6 is 0 Å². The van der Waals surface area contributed by atoms with E-state index in [9.17, 15) is 19.2 Å². The topological polar surface area (TPSA) is 134 Å². The van der Waals surface area contributed by atoms with Gasteiger partial charge >= 0.3 is 0 Å². The maximum atomic E-state index is 13.3. The molecule has 4 aromatic rings. The molecule has 1 fully saturated rings. The van der Waals surface area contributed by atoms with Crippen LogP contribution in [0.1, 0.15) is 30.5 Å². The molecular weight excluding hydrogens is 532 g/mol. The largest absolute Gasteiger partial charge is 0.354 e. The SMILES string of the molecule is Cn1c(=O)c(CCC(=O)NC2(C(=O)NCCNC(=O)Cc3cccc4ccccc34)CCNCC2)nc2ccccc21. The highest BCUT2D eigenvalue weighted by Crippen LogP contribution is 2.20. The molecule has 1 saturated heterocycles. The van der Waals surface area contributed by atoms with E-state index in [2.05, 4.69) is 26.3 Å². The molecule has 10 nitrogen and oxygen atoms in total. The predicted molar refractivity (Wildman–Crippen MR) is 162 cm³/mol. The number of aromatic nitrogens is 2. The Hall–Kier alpha value is -4.57. The first kappa shape index (κ1) is 28.9. The van der Waals surface area contributed by atoms with E-state index in [0.29, 0.717) is 37.1 Å². The van der Waals surface area contributed by atoms with Gasteiger partial charge in [-0.05, 0) is 54.4 Å². The average molecular weight is 569 g/mol. The Balaban J connectivity index is 1.14. The van der Waals surface area contributed by atoms with Crippen molar-refractivity contribution in [2.75, 3.05) is 26.2 Å². The van der Waals surface area contributed by atoms with E-state index in [1.165, 1.54) is 4.57 Å². The number of aryl methyl sites for hydroxylation is 2. The summed E-state index contributed by atoms with van der Waals surface area (Å²) in [6.07, 6.45) is 1.33. The molecule has 0 saturated carbocycles. The number of amides is 3. The second-order valence-electron chi connectivity index (χ2n) is 10.7. The lowest BCUT2D eigenvalue weighted by atomic mass is 9.87. The van der Waals surface area contributed by atoms with Crippen LogP contribution in [0.15, 0.2) is 71.5 Å². The average Bonchev–Trinajstić information content (AvgIpc) is 3.01. The fourth-order valence-corrected chi connectivity index (χ4v) is 5.55. The number of fused-ring (bicyclic) bond motifs is 2. The highest BCUT2D eigenvalue weighted by Gasteiger charge is 2.40. The van der Waals surface area contributed by atoms with Crippen molar-refractivity contribution in [2.45, 2.75) is 37.6 Å². The molecule has 0 unspecified atom stereocenters. The molecule has 0 aliphatic carbocycles. The van der Waals surface area contributed by atoms with E-state index in [4.69, 9.17) is 0 Å². The highest BCUT2D eigenvalue weighted by atomic mass is 16.2. The van der Waals surface area contributed by atoms with Crippen molar-refractivity contribution in [3.05, 3.63) is 88.3 Å². The maximum Gasteiger partial charge on any atom is 0.272 e. The summed E-state index contributed by atoms with van der Waals surface area (Å²) < 4.78 is 1.54. The summed E-state index contributed by atoms with van der Waals surface area (Å²) in [5.74, 6) is -0.716. The van der Waals surface area contributed by atoms with Gasteiger partial charge < -0.3 is 25.8 Å². The Morgan fingerprint density at radius 2 is 1.62 bits per heavy atom. The number of hydrogen-bond donors (Lipinski definition) is 4. The molecule has 4 N–H and O–H groups in total. The third-order valence-electron chi connectivity index (χ3n) is 7.87. The van der Waals surface area contributed by atoms with Crippen molar-refractivity contribution < 1.29 is 14.4 Å². The van der Waals surface area contributed by atoms with Crippen molar-refractivity contribution in [1.29, 1.82) is 0 Å². The normalized spacial score (nSPS) is 14.4. The Morgan fingerprint density at radius 1 is 0.905 bits per heavy atom. The van der Waals surface area contributed by atoms with Gasteiger partial charge in [0.2, 0.25) is 17.7 Å². The van der Waals surface area contributed by atoms with Gasteiger partial charge in [0, 0.05) is 33.0 Å². The molecule has 0 bridgehead atoms. The smallest absolute Gasteiger partial charge is 0.272 e. The van der Waals surface area contributed by atoms with Crippen LogP contribution < -0.4 is 26.8 Å². The van der Waals surface area contributed by atoms with Gasteiger partial charge in [-0.25, -0.2) is 4.98 Å². The molecule has 42 heavy (non-hydrogen) atoms. The molecule has 0 atom stereocenters. The lowest BCUT2D eigenvalue weighted by Gasteiger charge is -2.37. The summed E-state index contributed by atoms with van der Waals surface area (Å²) >= 11 is 0. The highest BCUT2D eigenvalue weighted by molar-refractivity contribution is 5.92. The second kappa shape index (κ2) is 12.9. The number of carbonyl (C=O) groups excluding carboxylic acids is 3. The Kier molecular flexibility index (Phi) is 8.92. The lowest BCUT2D eigenvalue weighted by Crippen LogP contribution is -2.63. The van der Waals surface area contributed by atoms with Crippen molar-refractivity contribution in [3.8, 4) is 0 Å². The predicted octanol–water partition coefficient (Wildman–Crippen LogP) is 1.73. The van der Waals surface area contributed by atoms with E-state index < -0.39 is 5.54 Å². The minimum atomic E-state index is -1.06. The maximum absolute atomic E-state index is 13.3. The molecule has 3 amide bonds. The molecular formula is C32H36N6O4. The van der Waals surface area contributed by atoms with Gasteiger partial charge in [-0.15, -0.1) is 0 Å². The number of hydrogen-bond acceptors (Lipinski definition) is 6. The number of rotatable bonds is 10. The van der Waals surface area contributed by atoms with Crippen LogP contribution in [0.4, 0.5) is 0 Å². The molecule has 3 aromatic carbocycles. The molecule has 1 aliphatic rings. The summed E-state index contributed by atoms with van der Waals surface area (Å²) in [4.78, 5) is 56.2. The van der Waals surface area contributed by atoms with Crippen LogP contribution in [0.2, 0.25) is 0 Å². The summed E-state index contributed by atoms with van der Waals surface area (Å²) in [7, 11) is 1.69. The number of nitrogens with one attached hydrogen (secondary N) is 4. The van der Waals surface area contributed by atoms with Crippen LogP contribution in [0.25, 0.3) is 21.8 Å². The third kappa shape index (κ3) is 6.49. The number of benzene rings is 3. The third-order valence-corrected chi connectivity index (χ3v) is 7.87. The molecule has 0 radical (unpaired) electrons. The molecule has 1 aromatic heterocycles. The minimum Gasteiger partial charge on any atom is -0.354 e. The molecule has 5 rings (SSSR count). The van der Waals surface area contributed by atoms with Crippen molar-refractivity contribution in [2.24, 2.45) is 7.05 Å². The Labute approximate surface area is 243 Å². The van der Waals surface area contributed by atoms with Gasteiger partial charge in [0.25, 0.3) is 5.56 Å². The molecule has 218 valence electrons. The number of carbonyl (C=O) groups is 3. The van der Waals surface area contributed by atoms with Crippen molar-refractivity contribution in [1.82, 2.24) is 30.8 Å². The van der Waals surface area contributed by atoms with Crippen LogP contribution in [-0.4, -0.2) is 59.0 Å². The van der Waals surface area contributed by atoms with E-state index in [-0.39, 0.29) is 55.6 Å². The van der Waals surface area contributed by atoms with Crippen LogP contribution in [0.5, 0.6) is 0 Å². The fourth-order valence-electron chi connectivity index (χ4n) is 5.55. The van der Waals surface area contributed by atoms with Gasteiger partial charge in [-0.3, -0.25) is 19.2 Å². The van der Waals surface area contributed by atoms with Crippen LogP contribution in [-0.2, 0) is 34.3 Å². The number of para-hydroxylation sites is 2. The number of nitrogens with zero attached hydrogens (tertiary/aromatic N) is 2. The van der Waals surface area contributed by atoms with Gasteiger partial charge in [0.15, 0.2) is 0 Å². The molecule has 10 heteroatoms. The van der Waals surface area contributed by atoms with Crippen LogP contribution in [0.3, 0.4) is 0 Å². The molecule has 0 spiro atoms. The first-order chi connectivity index (χ1) is 20.4. The van der Waals surface area contributed by atoms with E-state index in [1.54, 1.807) is 7.05 Å². The molecule has 1 aliphatic heterocycles. The van der Waals surface area contributed by atoms with E-state index in [0.717, 1.165) is 21.9 Å². The van der Waals surface area contributed by atoms with Crippen molar-refractivity contribution in [3.63, 3.8) is 0 Å². The van der Waals surface area contributed by atoms with E-state index >= 15 is 0 Å². The summed E-state index contributed by atoms with van der Waals surface area (Å²) in [6.45, 7) is 1.68. The van der Waals surface area contributed by atoms with Gasteiger partial charge in [0.05, 0.1) is 17.5 Å². The fraction of sp³-hybridized carbons (Fsp3) is 0.344. The first-order valence-corrected chi connectivity index (χ1v) is 14.3. The van der Waals surface area contributed by atoms with Gasteiger partial charge in [0.1, 0.15) is 11.2 Å². The van der Waals surface area contributed by atoms with Gasteiger partial charge in [-0.2, -0.15) is 0 Å². The first-order valence-electron chi connectivity index (χ1n) is 14.3. The summed E-state index contributed by atoms with van der Waals surface area (Å²) in [6, 6.07) is 21.2. The quantitative estimate of drug-likeness (QED) is 0.215. The number of piperidine rings is 1. The Morgan fingerprint density at radius 3 is 2.45 bits per heavy atom. The summed E-state index contributed by atoms with van der Waals surface area (Å²) in [5, 5.41) is 14.1. The van der Waals surface area contributed by atoms with E-state index in [1.807, 2.05) is 66.7 Å².